The zero-order valence-electron chi connectivity index (χ0n) is 12.0. The zero-order valence-corrected chi connectivity index (χ0v) is 12.8. The molecule has 0 unspecified atom stereocenters. The quantitative estimate of drug-likeness (QED) is 0.772. The van der Waals surface area contributed by atoms with Crippen LogP contribution >= 0.6 is 11.8 Å². The molecular formula is C14H20N2O3S. The van der Waals surface area contributed by atoms with E-state index in [2.05, 4.69) is 5.32 Å². The zero-order chi connectivity index (χ0) is 15.0. The summed E-state index contributed by atoms with van der Waals surface area (Å²) in [6.07, 6.45) is 0. The van der Waals surface area contributed by atoms with E-state index in [4.69, 9.17) is 4.74 Å². The van der Waals surface area contributed by atoms with Gasteiger partial charge in [-0.05, 0) is 31.2 Å². The van der Waals surface area contributed by atoms with E-state index >= 15 is 0 Å². The largest absolute Gasteiger partial charge is 0.494 e. The van der Waals surface area contributed by atoms with Crippen LogP contribution in [0.5, 0.6) is 5.75 Å². The van der Waals surface area contributed by atoms with Crippen LogP contribution in [-0.4, -0.2) is 49.7 Å². The van der Waals surface area contributed by atoms with Gasteiger partial charge < -0.3 is 15.0 Å². The van der Waals surface area contributed by atoms with Crippen LogP contribution in [0.4, 0.5) is 0 Å². The van der Waals surface area contributed by atoms with Gasteiger partial charge in [0.25, 0.3) is 0 Å². The Labute approximate surface area is 123 Å². The van der Waals surface area contributed by atoms with Crippen molar-refractivity contribution in [3.8, 4) is 5.75 Å². The summed E-state index contributed by atoms with van der Waals surface area (Å²) in [5.41, 5.74) is 0. The number of benzene rings is 1. The average Bonchev–Trinajstić information content (AvgIpc) is 2.44. The number of rotatable bonds is 7. The maximum atomic E-state index is 11.6. The van der Waals surface area contributed by atoms with Crippen molar-refractivity contribution in [2.45, 2.75) is 11.8 Å². The van der Waals surface area contributed by atoms with Crippen molar-refractivity contribution in [3.05, 3.63) is 24.3 Å². The fourth-order valence-corrected chi connectivity index (χ4v) is 2.06. The second kappa shape index (κ2) is 8.47. The summed E-state index contributed by atoms with van der Waals surface area (Å²) in [6, 6.07) is 7.57. The Hall–Kier alpha value is -1.69. The lowest BCUT2D eigenvalue weighted by Crippen LogP contribution is -2.36. The molecule has 1 aromatic carbocycles. The lowest BCUT2D eigenvalue weighted by Gasteiger charge is -2.10. The molecule has 0 aromatic heterocycles. The van der Waals surface area contributed by atoms with Gasteiger partial charge in [-0.25, -0.2) is 0 Å². The van der Waals surface area contributed by atoms with Crippen molar-refractivity contribution in [2.75, 3.05) is 33.0 Å². The molecule has 5 nitrogen and oxygen atoms in total. The Kier molecular flexibility index (Phi) is 6.93. The van der Waals surface area contributed by atoms with Crippen molar-refractivity contribution < 1.29 is 14.3 Å². The Balaban J connectivity index is 2.31. The minimum atomic E-state index is -0.154. The van der Waals surface area contributed by atoms with Crippen molar-refractivity contribution in [2.24, 2.45) is 0 Å². The van der Waals surface area contributed by atoms with E-state index in [9.17, 15) is 9.59 Å². The van der Waals surface area contributed by atoms with Gasteiger partial charge in [-0.15, -0.1) is 11.8 Å². The fraction of sp³-hybridized carbons (Fsp3) is 0.429. The predicted octanol–water partition coefficient (Wildman–Crippen LogP) is 1.38. The monoisotopic (exact) mass is 296 g/mol. The number of hydrogen-bond acceptors (Lipinski definition) is 4. The van der Waals surface area contributed by atoms with Crippen LogP contribution in [0, 0.1) is 0 Å². The van der Waals surface area contributed by atoms with Crippen LogP contribution in [0.1, 0.15) is 6.92 Å². The van der Waals surface area contributed by atoms with Crippen LogP contribution in [0.25, 0.3) is 0 Å². The van der Waals surface area contributed by atoms with Crippen LogP contribution in [0.3, 0.4) is 0 Å². The Morgan fingerprint density at radius 3 is 2.45 bits per heavy atom. The third kappa shape index (κ3) is 5.97. The molecule has 0 aliphatic heterocycles. The first-order valence-electron chi connectivity index (χ1n) is 6.35. The number of carbonyl (C=O) groups excluding carboxylic acids is 2. The first-order valence-corrected chi connectivity index (χ1v) is 7.34. The number of nitrogens with zero attached hydrogens (tertiary/aromatic N) is 1. The molecule has 0 heterocycles. The smallest absolute Gasteiger partial charge is 0.241 e. The third-order valence-corrected chi connectivity index (χ3v) is 3.45. The standard InChI is InChI=1S/C14H20N2O3S/c1-4-19-11-5-7-12(8-6-11)20-10-13(17)15-9-14(18)16(2)3/h5-8H,4,9-10H2,1-3H3,(H,15,17). The number of nitrogens with one attached hydrogen (secondary N) is 1. The van der Waals surface area contributed by atoms with E-state index in [1.807, 2.05) is 31.2 Å². The van der Waals surface area contributed by atoms with Gasteiger partial charge in [-0.1, -0.05) is 0 Å². The minimum Gasteiger partial charge on any atom is -0.494 e. The lowest BCUT2D eigenvalue weighted by atomic mass is 10.3. The van der Waals surface area contributed by atoms with Crippen LogP contribution in [0.15, 0.2) is 29.2 Å². The second-order valence-electron chi connectivity index (χ2n) is 4.26. The van der Waals surface area contributed by atoms with Crippen molar-refractivity contribution >= 4 is 23.6 Å². The maximum absolute atomic E-state index is 11.6. The molecule has 1 rings (SSSR count). The van der Waals surface area contributed by atoms with Crippen LogP contribution < -0.4 is 10.1 Å². The number of amides is 2. The Morgan fingerprint density at radius 1 is 1.25 bits per heavy atom. The first kappa shape index (κ1) is 16.4. The van der Waals surface area contributed by atoms with Crippen molar-refractivity contribution in [1.82, 2.24) is 10.2 Å². The van der Waals surface area contributed by atoms with E-state index in [1.165, 1.54) is 16.7 Å². The van der Waals surface area contributed by atoms with E-state index in [0.717, 1.165) is 10.6 Å². The van der Waals surface area contributed by atoms with Crippen molar-refractivity contribution in [3.63, 3.8) is 0 Å². The number of carbonyl (C=O) groups is 2. The minimum absolute atomic E-state index is 0.0374. The second-order valence-corrected chi connectivity index (χ2v) is 5.31. The highest BCUT2D eigenvalue weighted by Gasteiger charge is 2.07. The Morgan fingerprint density at radius 2 is 1.90 bits per heavy atom. The third-order valence-electron chi connectivity index (χ3n) is 2.44. The molecule has 0 saturated carbocycles. The normalized spacial score (nSPS) is 9.95. The van der Waals surface area contributed by atoms with Gasteiger partial charge in [0.05, 0.1) is 18.9 Å². The lowest BCUT2D eigenvalue weighted by molar-refractivity contribution is -0.130. The number of thioether (sulfide) groups is 1. The summed E-state index contributed by atoms with van der Waals surface area (Å²) < 4.78 is 5.34. The van der Waals surface area contributed by atoms with Crippen LogP contribution in [0.2, 0.25) is 0 Å². The summed E-state index contributed by atoms with van der Waals surface area (Å²) in [7, 11) is 3.31. The summed E-state index contributed by atoms with van der Waals surface area (Å²) in [6.45, 7) is 2.60. The molecule has 2 amide bonds. The van der Waals surface area contributed by atoms with Gasteiger partial charge >= 0.3 is 0 Å². The first-order chi connectivity index (χ1) is 9.52. The highest BCUT2D eigenvalue weighted by molar-refractivity contribution is 8.00. The van der Waals surface area contributed by atoms with Gasteiger partial charge in [0, 0.05) is 19.0 Å². The molecule has 1 aromatic rings. The van der Waals surface area contributed by atoms with E-state index in [-0.39, 0.29) is 24.1 Å². The molecule has 0 aliphatic rings. The fourth-order valence-electron chi connectivity index (χ4n) is 1.33. The molecular weight excluding hydrogens is 276 g/mol. The molecule has 0 radical (unpaired) electrons. The highest BCUT2D eigenvalue weighted by Crippen LogP contribution is 2.21. The molecule has 0 saturated heterocycles. The summed E-state index contributed by atoms with van der Waals surface area (Å²) in [4.78, 5) is 25.3. The molecule has 110 valence electrons. The molecule has 0 spiro atoms. The summed E-state index contributed by atoms with van der Waals surface area (Å²) in [5, 5.41) is 2.59. The highest BCUT2D eigenvalue weighted by atomic mass is 32.2. The molecule has 6 heteroatoms. The van der Waals surface area contributed by atoms with Crippen LogP contribution in [-0.2, 0) is 9.59 Å². The van der Waals surface area contributed by atoms with Gasteiger partial charge in [-0.2, -0.15) is 0 Å². The SMILES string of the molecule is CCOc1ccc(SCC(=O)NCC(=O)N(C)C)cc1. The molecule has 1 N–H and O–H groups in total. The predicted molar refractivity (Wildman–Crippen MR) is 80.0 cm³/mol. The van der Waals surface area contributed by atoms with E-state index < -0.39 is 0 Å². The topological polar surface area (TPSA) is 58.6 Å². The van der Waals surface area contributed by atoms with E-state index in [0.29, 0.717) is 6.61 Å². The van der Waals surface area contributed by atoms with Crippen molar-refractivity contribution in [1.29, 1.82) is 0 Å². The molecule has 0 atom stereocenters. The average molecular weight is 296 g/mol. The van der Waals surface area contributed by atoms with Gasteiger partial charge in [0.15, 0.2) is 0 Å². The van der Waals surface area contributed by atoms with Gasteiger partial charge in [-0.3, -0.25) is 9.59 Å². The number of ether oxygens (including phenoxy) is 1. The number of hydrogen-bond donors (Lipinski definition) is 1. The summed E-state index contributed by atoms with van der Waals surface area (Å²) >= 11 is 1.42. The molecule has 0 bridgehead atoms. The molecule has 20 heavy (non-hydrogen) atoms. The number of likely N-dealkylation sites (N-methyl/N-ethyl adjacent to an activating group) is 1. The van der Waals surface area contributed by atoms with Gasteiger partial charge in [0.1, 0.15) is 5.75 Å². The van der Waals surface area contributed by atoms with Gasteiger partial charge in [0.2, 0.25) is 11.8 Å². The van der Waals surface area contributed by atoms with E-state index in [1.54, 1.807) is 14.1 Å². The molecule has 0 fully saturated rings. The molecule has 0 aliphatic carbocycles. The Bertz CT molecular complexity index is 446. The summed E-state index contributed by atoms with van der Waals surface area (Å²) in [5.74, 6) is 0.829. The maximum Gasteiger partial charge on any atom is 0.241 e.